The summed E-state index contributed by atoms with van der Waals surface area (Å²) in [7, 11) is 1.49. The molecule has 1 aromatic rings. The van der Waals surface area contributed by atoms with E-state index in [0.29, 0.717) is 21.9 Å². The quantitative estimate of drug-likeness (QED) is 0.408. The first-order chi connectivity index (χ1) is 10.6. The lowest BCUT2D eigenvalue weighted by atomic mass is 10.2. The number of hydrogen-bond donors (Lipinski definition) is 3. The van der Waals surface area contributed by atoms with Crippen LogP contribution in [0.1, 0.15) is 18.4 Å². The van der Waals surface area contributed by atoms with Gasteiger partial charge in [-0.1, -0.05) is 0 Å². The molecule has 0 aliphatic carbocycles. The van der Waals surface area contributed by atoms with E-state index in [-0.39, 0.29) is 11.9 Å². The number of hydrogen-bond acceptors (Lipinski definition) is 5. The summed E-state index contributed by atoms with van der Waals surface area (Å²) in [6.07, 6.45) is 3.97. The molecule has 0 amide bonds. The molecule has 0 unspecified atom stereocenters. The maximum absolute atomic E-state index is 9.73. The van der Waals surface area contributed by atoms with E-state index in [1.807, 2.05) is 0 Å². The molecule has 120 valence electrons. The van der Waals surface area contributed by atoms with Crippen LogP contribution in [-0.4, -0.2) is 42.8 Å². The lowest BCUT2D eigenvalue weighted by Crippen LogP contribution is -2.37. The Labute approximate surface area is 143 Å². The fourth-order valence-corrected chi connectivity index (χ4v) is 2.64. The molecule has 1 aliphatic heterocycles. The van der Waals surface area contributed by atoms with Gasteiger partial charge in [-0.3, -0.25) is 5.43 Å². The Hall–Kier alpha value is -1.38. The van der Waals surface area contributed by atoms with Gasteiger partial charge in [0.25, 0.3) is 0 Å². The highest BCUT2D eigenvalue weighted by molar-refractivity contribution is 9.10. The van der Waals surface area contributed by atoms with Crippen LogP contribution in [0.4, 0.5) is 0 Å². The zero-order valence-electron chi connectivity index (χ0n) is 12.1. The van der Waals surface area contributed by atoms with Crippen molar-refractivity contribution in [3.05, 3.63) is 22.2 Å². The van der Waals surface area contributed by atoms with Crippen molar-refractivity contribution in [3.63, 3.8) is 0 Å². The van der Waals surface area contributed by atoms with E-state index in [0.717, 1.165) is 25.0 Å². The first kappa shape index (κ1) is 17.0. The minimum Gasteiger partial charge on any atom is -0.503 e. The van der Waals surface area contributed by atoms with Crippen LogP contribution in [0.5, 0.6) is 11.5 Å². The first-order valence-corrected chi connectivity index (χ1v) is 8.05. The van der Waals surface area contributed by atoms with Crippen molar-refractivity contribution >= 4 is 39.5 Å². The van der Waals surface area contributed by atoms with Crippen LogP contribution in [0.15, 0.2) is 21.7 Å². The molecule has 0 radical (unpaired) electrons. The Morgan fingerprint density at radius 3 is 3.14 bits per heavy atom. The van der Waals surface area contributed by atoms with Crippen molar-refractivity contribution in [2.75, 3.05) is 20.3 Å². The predicted octanol–water partition coefficient (Wildman–Crippen LogP) is 2.14. The first-order valence-electron chi connectivity index (χ1n) is 6.85. The highest BCUT2D eigenvalue weighted by Crippen LogP contribution is 2.34. The highest BCUT2D eigenvalue weighted by atomic mass is 79.9. The number of halogens is 1. The number of ether oxygens (including phenoxy) is 2. The lowest BCUT2D eigenvalue weighted by molar-refractivity contribution is 0.114. The maximum atomic E-state index is 9.73. The standard InChI is InChI=1S/C14H18BrN3O3S/c1-20-12-6-9(5-11(15)13(12)19)7-17-18-14(22)16-8-10-3-2-4-21-10/h5-7,10,19H,2-4,8H2,1H3,(H2,16,18,22)/b17-7+/t10-/m0/s1. The van der Waals surface area contributed by atoms with Crippen molar-refractivity contribution in [1.29, 1.82) is 0 Å². The zero-order chi connectivity index (χ0) is 15.9. The minimum atomic E-state index is 0.0568. The average Bonchev–Trinajstić information content (AvgIpc) is 3.02. The van der Waals surface area contributed by atoms with Gasteiger partial charge < -0.3 is 19.9 Å². The van der Waals surface area contributed by atoms with Crippen molar-refractivity contribution < 1.29 is 14.6 Å². The molecule has 0 bridgehead atoms. The summed E-state index contributed by atoms with van der Waals surface area (Å²) in [5.41, 5.74) is 3.50. The van der Waals surface area contributed by atoms with Gasteiger partial charge in [0.1, 0.15) is 0 Å². The van der Waals surface area contributed by atoms with Crippen LogP contribution < -0.4 is 15.5 Å². The number of nitrogens with one attached hydrogen (secondary N) is 2. The molecule has 1 heterocycles. The maximum Gasteiger partial charge on any atom is 0.187 e. The Morgan fingerprint density at radius 2 is 2.45 bits per heavy atom. The van der Waals surface area contributed by atoms with Crippen LogP contribution in [0, 0.1) is 0 Å². The van der Waals surface area contributed by atoms with Gasteiger partial charge in [0.05, 0.1) is 23.9 Å². The Kier molecular flexibility index (Phi) is 6.41. The lowest BCUT2D eigenvalue weighted by Gasteiger charge is -2.11. The molecule has 6 nitrogen and oxygen atoms in total. The molecule has 1 fully saturated rings. The predicted molar refractivity (Wildman–Crippen MR) is 92.7 cm³/mol. The molecule has 1 aliphatic rings. The number of rotatable bonds is 5. The Morgan fingerprint density at radius 1 is 1.64 bits per heavy atom. The zero-order valence-corrected chi connectivity index (χ0v) is 14.5. The number of benzene rings is 1. The van der Waals surface area contributed by atoms with Crippen molar-refractivity contribution in [1.82, 2.24) is 10.7 Å². The summed E-state index contributed by atoms with van der Waals surface area (Å²) in [4.78, 5) is 0. The smallest absolute Gasteiger partial charge is 0.187 e. The monoisotopic (exact) mass is 387 g/mol. The minimum absolute atomic E-state index is 0.0568. The molecule has 1 aromatic carbocycles. The van der Waals surface area contributed by atoms with Crippen LogP contribution in [0.2, 0.25) is 0 Å². The number of thiocarbonyl (C=S) groups is 1. The van der Waals surface area contributed by atoms with Gasteiger partial charge in [-0.2, -0.15) is 5.10 Å². The molecule has 2 rings (SSSR count). The largest absolute Gasteiger partial charge is 0.503 e. The molecule has 1 atom stereocenters. The fraction of sp³-hybridized carbons (Fsp3) is 0.429. The third-order valence-electron chi connectivity index (χ3n) is 3.16. The summed E-state index contributed by atoms with van der Waals surface area (Å²) in [5, 5.41) is 17.3. The van der Waals surface area contributed by atoms with E-state index < -0.39 is 0 Å². The number of nitrogens with zero attached hydrogens (tertiary/aromatic N) is 1. The molecule has 0 aromatic heterocycles. The van der Waals surface area contributed by atoms with E-state index >= 15 is 0 Å². The van der Waals surface area contributed by atoms with E-state index in [1.165, 1.54) is 7.11 Å². The molecular formula is C14H18BrN3O3S. The van der Waals surface area contributed by atoms with E-state index in [1.54, 1.807) is 18.3 Å². The van der Waals surface area contributed by atoms with Gasteiger partial charge in [0.2, 0.25) is 0 Å². The topological polar surface area (TPSA) is 75.1 Å². The number of phenolic OH excluding ortho intramolecular Hbond substituents is 1. The number of phenols is 1. The number of aromatic hydroxyl groups is 1. The Bertz CT molecular complexity index is 563. The van der Waals surface area contributed by atoms with Crippen LogP contribution in [0.25, 0.3) is 0 Å². The van der Waals surface area contributed by atoms with Crippen LogP contribution in [-0.2, 0) is 4.74 Å². The summed E-state index contributed by atoms with van der Waals surface area (Å²) in [6.45, 7) is 1.50. The summed E-state index contributed by atoms with van der Waals surface area (Å²) in [6, 6.07) is 3.40. The second-order valence-corrected chi connectivity index (χ2v) is 6.03. The van der Waals surface area contributed by atoms with Crippen LogP contribution >= 0.6 is 28.1 Å². The van der Waals surface area contributed by atoms with Gasteiger partial charge in [-0.05, 0) is 58.7 Å². The molecule has 22 heavy (non-hydrogen) atoms. The average molecular weight is 388 g/mol. The van der Waals surface area contributed by atoms with Gasteiger partial charge >= 0.3 is 0 Å². The van der Waals surface area contributed by atoms with Crippen LogP contribution in [0.3, 0.4) is 0 Å². The third kappa shape index (κ3) is 4.82. The van der Waals surface area contributed by atoms with Gasteiger partial charge in [-0.15, -0.1) is 0 Å². The van der Waals surface area contributed by atoms with E-state index in [2.05, 4.69) is 31.8 Å². The van der Waals surface area contributed by atoms with Crippen molar-refractivity contribution in [3.8, 4) is 11.5 Å². The summed E-state index contributed by atoms with van der Waals surface area (Å²) >= 11 is 8.39. The van der Waals surface area contributed by atoms with Crippen molar-refractivity contribution in [2.45, 2.75) is 18.9 Å². The second-order valence-electron chi connectivity index (χ2n) is 4.77. The normalized spacial score (nSPS) is 17.6. The molecule has 3 N–H and O–H groups in total. The molecule has 0 spiro atoms. The molecule has 8 heteroatoms. The third-order valence-corrected chi connectivity index (χ3v) is 4.00. The summed E-state index contributed by atoms with van der Waals surface area (Å²) in [5.74, 6) is 0.427. The molecule has 1 saturated heterocycles. The van der Waals surface area contributed by atoms with Gasteiger partial charge in [0.15, 0.2) is 16.6 Å². The number of hydrazone groups is 1. The molecular weight excluding hydrogens is 370 g/mol. The Balaban J connectivity index is 1.83. The second kappa shape index (κ2) is 8.30. The highest BCUT2D eigenvalue weighted by Gasteiger charge is 2.15. The number of methoxy groups -OCH3 is 1. The van der Waals surface area contributed by atoms with E-state index in [4.69, 9.17) is 21.7 Å². The SMILES string of the molecule is COc1cc(/C=N/NC(=S)NC[C@@H]2CCCO2)cc(Br)c1O. The fourth-order valence-electron chi connectivity index (χ4n) is 2.04. The summed E-state index contributed by atoms with van der Waals surface area (Å²) < 4.78 is 11.1. The van der Waals surface area contributed by atoms with Gasteiger partial charge in [0, 0.05) is 13.2 Å². The van der Waals surface area contributed by atoms with Crippen molar-refractivity contribution in [2.24, 2.45) is 5.10 Å². The van der Waals surface area contributed by atoms with E-state index in [9.17, 15) is 5.11 Å². The van der Waals surface area contributed by atoms with Gasteiger partial charge in [-0.25, -0.2) is 0 Å². The molecule has 0 saturated carbocycles.